The maximum atomic E-state index is 13.2. The maximum Gasteiger partial charge on any atom is 0.418 e. The number of nitrogens with zero attached hydrogens (tertiary/aromatic N) is 1. The second-order valence-electron chi connectivity index (χ2n) is 5.29. The molecule has 3 nitrogen and oxygen atoms in total. The summed E-state index contributed by atoms with van der Waals surface area (Å²) in [6, 6.07) is 4.22. The van der Waals surface area contributed by atoms with Crippen LogP contribution in [-0.2, 0) is 12.7 Å². The molecule has 0 aliphatic carbocycles. The Bertz CT molecular complexity index is 474. The van der Waals surface area contributed by atoms with Crippen LogP contribution in [0.5, 0.6) is 0 Å². The Morgan fingerprint density at radius 3 is 2.65 bits per heavy atom. The Kier molecular flexibility index (Phi) is 4.25. The molecule has 1 fully saturated rings. The molecule has 0 saturated carbocycles. The van der Waals surface area contributed by atoms with Gasteiger partial charge in [-0.25, -0.2) is 0 Å². The first-order valence-electron chi connectivity index (χ1n) is 6.66. The van der Waals surface area contributed by atoms with Crippen molar-refractivity contribution in [2.75, 3.05) is 18.0 Å². The molecule has 1 aliphatic rings. The molecule has 2 atom stereocenters. The van der Waals surface area contributed by atoms with Crippen LogP contribution in [0.15, 0.2) is 18.2 Å². The minimum atomic E-state index is -4.40. The van der Waals surface area contributed by atoms with Crippen molar-refractivity contribution in [3.8, 4) is 0 Å². The summed E-state index contributed by atoms with van der Waals surface area (Å²) in [5.41, 5.74) is 5.41. The van der Waals surface area contributed by atoms with E-state index in [1.807, 2.05) is 0 Å². The molecule has 0 aromatic heterocycles. The molecule has 1 heterocycles. The lowest BCUT2D eigenvalue weighted by Gasteiger charge is -2.24. The van der Waals surface area contributed by atoms with Crippen LogP contribution in [-0.4, -0.2) is 24.3 Å². The SMILES string of the molecule is CC(O)C1CCN(c2ccc(CN)cc2C(F)(F)F)C1. The lowest BCUT2D eigenvalue weighted by Crippen LogP contribution is -2.26. The second-order valence-corrected chi connectivity index (χ2v) is 5.29. The molecule has 1 aromatic carbocycles. The van der Waals surface area contributed by atoms with Crippen molar-refractivity contribution in [3.63, 3.8) is 0 Å². The van der Waals surface area contributed by atoms with E-state index in [2.05, 4.69) is 0 Å². The van der Waals surface area contributed by atoms with Gasteiger partial charge in [0, 0.05) is 31.2 Å². The highest BCUT2D eigenvalue weighted by atomic mass is 19.4. The Balaban J connectivity index is 2.32. The number of alkyl halides is 3. The molecule has 1 aromatic rings. The normalized spacial score (nSPS) is 21.3. The van der Waals surface area contributed by atoms with E-state index in [0.717, 1.165) is 6.07 Å². The number of hydrogen-bond donors (Lipinski definition) is 2. The third-order valence-electron chi connectivity index (χ3n) is 3.85. The summed E-state index contributed by atoms with van der Waals surface area (Å²) in [6.45, 7) is 2.74. The topological polar surface area (TPSA) is 49.5 Å². The van der Waals surface area contributed by atoms with Crippen LogP contribution >= 0.6 is 0 Å². The van der Waals surface area contributed by atoms with Gasteiger partial charge in [0.15, 0.2) is 0 Å². The van der Waals surface area contributed by atoms with Crippen LogP contribution < -0.4 is 10.6 Å². The number of benzene rings is 1. The van der Waals surface area contributed by atoms with E-state index in [1.54, 1.807) is 17.9 Å². The first kappa shape index (κ1) is 15.1. The monoisotopic (exact) mass is 288 g/mol. The molecule has 1 aliphatic heterocycles. The quantitative estimate of drug-likeness (QED) is 0.898. The zero-order valence-corrected chi connectivity index (χ0v) is 11.3. The molecule has 0 amide bonds. The molecule has 1 saturated heterocycles. The zero-order valence-electron chi connectivity index (χ0n) is 11.3. The molecule has 3 N–H and O–H groups in total. The van der Waals surface area contributed by atoms with E-state index in [4.69, 9.17) is 5.73 Å². The third-order valence-corrected chi connectivity index (χ3v) is 3.85. The average Bonchev–Trinajstić information content (AvgIpc) is 2.86. The van der Waals surface area contributed by atoms with Crippen LogP contribution in [0, 0.1) is 5.92 Å². The van der Waals surface area contributed by atoms with E-state index < -0.39 is 17.8 Å². The van der Waals surface area contributed by atoms with Crippen molar-refractivity contribution >= 4 is 5.69 Å². The molecule has 2 unspecified atom stereocenters. The van der Waals surface area contributed by atoms with Gasteiger partial charge in [-0.15, -0.1) is 0 Å². The molecular weight excluding hydrogens is 269 g/mol. The van der Waals surface area contributed by atoms with Gasteiger partial charge in [-0.05, 0) is 31.0 Å². The van der Waals surface area contributed by atoms with Crippen molar-refractivity contribution < 1.29 is 18.3 Å². The molecule has 20 heavy (non-hydrogen) atoms. The number of rotatable bonds is 3. The summed E-state index contributed by atoms with van der Waals surface area (Å²) in [6.07, 6.45) is -4.20. The van der Waals surface area contributed by atoms with Gasteiger partial charge in [0.1, 0.15) is 0 Å². The van der Waals surface area contributed by atoms with Gasteiger partial charge in [-0.1, -0.05) is 6.07 Å². The van der Waals surface area contributed by atoms with Gasteiger partial charge in [-0.2, -0.15) is 13.2 Å². The van der Waals surface area contributed by atoms with Gasteiger partial charge in [-0.3, -0.25) is 0 Å². The molecule has 0 bridgehead atoms. The Morgan fingerprint density at radius 2 is 2.15 bits per heavy atom. The van der Waals surface area contributed by atoms with Crippen LogP contribution in [0.4, 0.5) is 18.9 Å². The fourth-order valence-corrected chi connectivity index (χ4v) is 2.61. The van der Waals surface area contributed by atoms with Crippen molar-refractivity contribution in [3.05, 3.63) is 29.3 Å². The van der Waals surface area contributed by atoms with Crippen molar-refractivity contribution in [1.29, 1.82) is 0 Å². The molecule has 2 rings (SSSR count). The number of aliphatic hydroxyl groups is 1. The predicted molar refractivity (Wildman–Crippen MR) is 71.3 cm³/mol. The number of hydrogen-bond acceptors (Lipinski definition) is 3. The van der Waals surface area contributed by atoms with E-state index in [-0.39, 0.29) is 18.2 Å². The minimum Gasteiger partial charge on any atom is -0.393 e. The van der Waals surface area contributed by atoms with Gasteiger partial charge in [0.05, 0.1) is 11.7 Å². The molecule has 0 radical (unpaired) electrons. The van der Waals surface area contributed by atoms with Gasteiger partial charge in [0.25, 0.3) is 0 Å². The Hall–Kier alpha value is -1.27. The van der Waals surface area contributed by atoms with Crippen molar-refractivity contribution in [2.45, 2.75) is 32.2 Å². The highest BCUT2D eigenvalue weighted by molar-refractivity contribution is 5.57. The van der Waals surface area contributed by atoms with Crippen LogP contribution in [0.3, 0.4) is 0 Å². The van der Waals surface area contributed by atoms with Crippen molar-refractivity contribution in [1.82, 2.24) is 0 Å². The summed E-state index contributed by atoms with van der Waals surface area (Å²) < 4.78 is 39.5. The smallest absolute Gasteiger partial charge is 0.393 e. The molecule has 0 spiro atoms. The van der Waals surface area contributed by atoms with Crippen LogP contribution in [0.25, 0.3) is 0 Å². The highest BCUT2D eigenvalue weighted by Crippen LogP contribution is 2.39. The highest BCUT2D eigenvalue weighted by Gasteiger charge is 2.37. The largest absolute Gasteiger partial charge is 0.418 e. The summed E-state index contributed by atoms with van der Waals surface area (Å²) >= 11 is 0. The molecular formula is C14H19F3N2O. The van der Waals surface area contributed by atoms with Crippen LogP contribution in [0.2, 0.25) is 0 Å². The zero-order chi connectivity index (χ0) is 14.9. The average molecular weight is 288 g/mol. The summed E-state index contributed by atoms with van der Waals surface area (Å²) in [5.74, 6) is 0.0188. The standard InChI is InChI=1S/C14H19F3N2O/c1-9(20)11-4-5-19(8-11)13-3-2-10(7-18)6-12(13)14(15,16)17/h2-3,6,9,11,20H,4-5,7-8,18H2,1H3. The summed E-state index contributed by atoms with van der Waals surface area (Å²) in [5, 5.41) is 9.56. The fraction of sp³-hybridized carbons (Fsp3) is 0.571. The van der Waals surface area contributed by atoms with Gasteiger partial charge >= 0.3 is 6.18 Å². The van der Waals surface area contributed by atoms with E-state index in [9.17, 15) is 18.3 Å². The predicted octanol–water partition coefficient (Wildman–Crippen LogP) is 2.37. The first-order chi connectivity index (χ1) is 9.32. The fourth-order valence-electron chi connectivity index (χ4n) is 2.61. The van der Waals surface area contributed by atoms with E-state index in [0.29, 0.717) is 25.1 Å². The molecule has 112 valence electrons. The maximum absolute atomic E-state index is 13.2. The minimum absolute atomic E-state index is 0.0188. The lowest BCUT2D eigenvalue weighted by molar-refractivity contribution is -0.137. The van der Waals surface area contributed by atoms with Crippen LogP contribution in [0.1, 0.15) is 24.5 Å². The number of halogens is 3. The van der Waals surface area contributed by atoms with E-state index >= 15 is 0 Å². The number of anilines is 1. The van der Waals surface area contributed by atoms with Crippen molar-refractivity contribution in [2.24, 2.45) is 11.7 Å². The Morgan fingerprint density at radius 1 is 1.45 bits per heavy atom. The summed E-state index contributed by atoms with van der Waals surface area (Å²) in [7, 11) is 0. The van der Waals surface area contributed by atoms with Gasteiger partial charge in [0.2, 0.25) is 0 Å². The van der Waals surface area contributed by atoms with E-state index in [1.165, 1.54) is 6.07 Å². The third kappa shape index (κ3) is 3.07. The Labute approximate surface area is 116 Å². The number of aliphatic hydroxyl groups excluding tert-OH is 1. The number of nitrogens with two attached hydrogens (primary N) is 1. The molecule has 6 heteroatoms. The summed E-state index contributed by atoms with van der Waals surface area (Å²) in [4.78, 5) is 1.69. The lowest BCUT2D eigenvalue weighted by atomic mass is 10.0. The second kappa shape index (κ2) is 5.61. The first-order valence-corrected chi connectivity index (χ1v) is 6.66. The van der Waals surface area contributed by atoms with Gasteiger partial charge < -0.3 is 15.7 Å².